The first-order valence-electron chi connectivity index (χ1n) is 2.98. The van der Waals surface area contributed by atoms with Crippen molar-refractivity contribution in [3.05, 3.63) is 0 Å². The molecule has 0 atom stereocenters. The molecule has 1 fully saturated rings. The van der Waals surface area contributed by atoms with Gasteiger partial charge in [-0.15, -0.1) is 0 Å². The van der Waals surface area contributed by atoms with Crippen LogP contribution in [0.25, 0.3) is 0 Å². The van der Waals surface area contributed by atoms with Crippen LogP contribution in [0.2, 0.25) is 0 Å². The molecule has 3 nitrogen and oxygen atoms in total. The SMILES string of the molecule is OCCNC1CNC1. The van der Waals surface area contributed by atoms with E-state index in [9.17, 15) is 0 Å². The van der Waals surface area contributed by atoms with E-state index in [-0.39, 0.29) is 6.61 Å². The van der Waals surface area contributed by atoms with Gasteiger partial charge in [0.2, 0.25) is 0 Å². The summed E-state index contributed by atoms with van der Waals surface area (Å²) in [6.07, 6.45) is 0. The highest BCUT2D eigenvalue weighted by Gasteiger charge is 2.13. The summed E-state index contributed by atoms with van der Waals surface area (Å²) in [6, 6.07) is 0.613. The third kappa shape index (κ3) is 1.43. The molecule has 0 aromatic heterocycles. The minimum Gasteiger partial charge on any atom is -0.395 e. The smallest absolute Gasteiger partial charge is 0.0556 e. The molecule has 8 heavy (non-hydrogen) atoms. The van der Waals surface area contributed by atoms with Crippen LogP contribution in [0, 0.1) is 0 Å². The highest BCUT2D eigenvalue weighted by molar-refractivity contribution is 4.80. The van der Waals surface area contributed by atoms with Crippen molar-refractivity contribution in [3.8, 4) is 0 Å². The van der Waals surface area contributed by atoms with E-state index in [0.717, 1.165) is 19.6 Å². The first-order chi connectivity index (χ1) is 3.93. The summed E-state index contributed by atoms with van der Waals surface area (Å²) in [5.74, 6) is 0. The highest BCUT2D eigenvalue weighted by Crippen LogP contribution is 1.87. The summed E-state index contributed by atoms with van der Waals surface area (Å²) in [7, 11) is 0. The number of hydrogen-bond donors (Lipinski definition) is 3. The molecule has 0 spiro atoms. The first-order valence-corrected chi connectivity index (χ1v) is 2.98. The van der Waals surface area contributed by atoms with Crippen molar-refractivity contribution in [2.24, 2.45) is 0 Å². The quantitative estimate of drug-likeness (QED) is 0.422. The van der Waals surface area contributed by atoms with Gasteiger partial charge in [0.05, 0.1) is 6.61 Å². The van der Waals surface area contributed by atoms with Crippen LogP contribution in [0.5, 0.6) is 0 Å². The van der Waals surface area contributed by atoms with Crippen LogP contribution in [0.4, 0.5) is 0 Å². The van der Waals surface area contributed by atoms with E-state index < -0.39 is 0 Å². The van der Waals surface area contributed by atoms with Gasteiger partial charge < -0.3 is 15.7 Å². The Morgan fingerprint density at radius 3 is 2.75 bits per heavy atom. The minimum atomic E-state index is 0.247. The average Bonchev–Trinajstić information content (AvgIpc) is 1.63. The van der Waals surface area contributed by atoms with E-state index in [0.29, 0.717) is 6.04 Å². The molecule has 0 unspecified atom stereocenters. The highest BCUT2D eigenvalue weighted by atomic mass is 16.3. The summed E-state index contributed by atoms with van der Waals surface area (Å²) >= 11 is 0. The second kappa shape index (κ2) is 3.02. The molecule has 0 aromatic rings. The van der Waals surface area contributed by atoms with Crippen molar-refractivity contribution >= 4 is 0 Å². The van der Waals surface area contributed by atoms with Gasteiger partial charge in [-0.25, -0.2) is 0 Å². The monoisotopic (exact) mass is 116 g/mol. The average molecular weight is 116 g/mol. The summed E-state index contributed by atoms with van der Waals surface area (Å²) < 4.78 is 0. The van der Waals surface area contributed by atoms with Crippen molar-refractivity contribution < 1.29 is 5.11 Å². The lowest BCUT2D eigenvalue weighted by atomic mass is 10.2. The molecule has 0 aromatic carbocycles. The molecule has 1 saturated heterocycles. The zero-order valence-corrected chi connectivity index (χ0v) is 4.85. The lowest BCUT2D eigenvalue weighted by Gasteiger charge is -2.27. The molecule has 0 saturated carbocycles. The summed E-state index contributed by atoms with van der Waals surface area (Å²) in [5, 5.41) is 14.6. The van der Waals surface area contributed by atoms with E-state index in [4.69, 9.17) is 5.11 Å². The topological polar surface area (TPSA) is 44.3 Å². The zero-order chi connectivity index (χ0) is 5.82. The Bertz CT molecular complexity index is 63.4. The molecule has 1 rings (SSSR count). The summed E-state index contributed by atoms with van der Waals surface area (Å²) in [4.78, 5) is 0. The third-order valence-corrected chi connectivity index (χ3v) is 1.33. The predicted molar refractivity (Wildman–Crippen MR) is 31.7 cm³/mol. The first kappa shape index (κ1) is 6.01. The number of nitrogens with one attached hydrogen (secondary N) is 2. The van der Waals surface area contributed by atoms with E-state index in [1.165, 1.54) is 0 Å². The molecule has 48 valence electrons. The van der Waals surface area contributed by atoms with Crippen LogP contribution in [-0.2, 0) is 0 Å². The van der Waals surface area contributed by atoms with Crippen LogP contribution in [0.1, 0.15) is 0 Å². The van der Waals surface area contributed by atoms with Crippen molar-refractivity contribution in [1.82, 2.24) is 10.6 Å². The number of hydrogen-bond acceptors (Lipinski definition) is 3. The Morgan fingerprint density at radius 2 is 2.38 bits per heavy atom. The van der Waals surface area contributed by atoms with Gasteiger partial charge in [-0.3, -0.25) is 0 Å². The fraction of sp³-hybridized carbons (Fsp3) is 1.00. The molecule has 0 amide bonds. The Kier molecular flexibility index (Phi) is 2.27. The van der Waals surface area contributed by atoms with Crippen molar-refractivity contribution in [3.63, 3.8) is 0 Å². The van der Waals surface area contributed by atoms with Gasteiger partial charge in [0.25, 0.3) is 0 Å². The van der Waals surface area contributed by atoms with Crippen LogP contribution in [-0.4, -0.2) is 37.4 Å². The standard InChI is InChI=1S/C5H12N2O/c8-2-1-7-5-3-6-4-5/h5-8H,1-4H2. The maximum absolute atomic E-state index is 8.35. The van der Waals surface area contributed by atoms with Crippen molar-refractivity contribution in [2.75, 3.05) is 26.2 Å². The molecule has 1 heterocycles. The van der Waals surface area contributed by atoms with Crippen LogP contribution < -0.4 is 10.6 Å². The van der Waals surface area contributed by atoms with Crippen molar-refractivity contribution in [2.45, 2.75) is 6.04 Å². The number of aliphatic hydroxyl groups excluding tert-OH is 1. The van der Waals surface area contributed by atoms with Gasteiger partial charge in [-0.1, -0.05) is 0 Å². The third-order valence-electron chi connectivity index (χ3n) is 1.33. The van der Waals surface area contributed by atoms with Gasteiger partial charge in [0, 0.05) is 25.7 Å². The van der Waals surface area contributed by atoms with Gasteiger partial charge >= 0.3 is 0 Å². The lowest BCUT2D eigenvalue weighted by Crippen LogP contribution is -2.55. The van der Waals surface area contributed by atoms with Gasteiger partial charge in [0.15, 0.2) is 0 Å². The molecular weight excluding hydrogens is 104 g/mol. The zero-order valence-electron chi connectivity index (χ0n) is 4.85. The van der Waals surface area contributed by atoms with Gasteiger partial charge in [0.1, 0.15) is 0 Å². The molecule has 0 bridgehead atoms. The molecule has 0 radical (unpaired) electrons. The van der Waals surface area contributed by atoms with E-state index >= 15 is 0 Å². The Hall–Kier alpha value is -0.120. The molecule has 3 heteroatoms. The molecule has 0 aliphatic carbocycles. The predicted octanol–water partition coefficient (Wildman–Crippen LogP) is -1.46. The van der Waals surface area contributed by atoms with Crippen molar-refractivity contribution in [1.29, 1.82) is 0 Å². The lowest BCUT2D eigenvalue weighted by molar-refractivity contribution is 0.268. The number of rotatable bonds is 3. The maximum atomic E-state index is 8.35. The molecule has 1 aliphatic heterocycles. The van der Waals surface area contributed by atoms with E-state index in [2.05, 4.69) is 10.6 Å². The largest absolute Gasteiger partial charge is 0.395 e. The van der Waals surface area contributed by atoms with Crippen LogP contribution >= 0.6 is 0 Å². The Labute approximate surface area is 49.1 Å². The second-order valence-corrected chi connectivity index (χ2v) is 2.03. The molecule has 1 aliphatic rings. The van der Waals surface area contributed by atoms with Gasteiger partial charge in [-0.05, 0) is 0 Å². The summed E-state index contributed by atoms with van der Waals surface area (Å²) in [5.41, 5.74) is 0. The fourth-order valence-electron chi connectivity index (χ4n) is 0.702. The Morgan fingerprint density at radius 1 is 1.62 bits per heavy atom. The molecular formula is C5H12N2O. The van der Waals surface area contributed by atoms with E-state index in [1.807, 2.05) is 0 Å². The van der Waals surface area contributed by atoms with Crippen LogP contribution in [0.15, 0.2) is 0 Å². The van der Waals surface area contributed by atoms with Crippen LogP contribution in [0.3, 0.4) is 0 Å². The molecule has 3 N–H and O–H groups in total. The maximum Gasteiger partial charge on any atom is 0.0556 e. The van der Waals surface area contributed by atoms with E-state index in [1.54, 1.807) is 0 Å². The summed E-state index contributed by atoms with van der Waals surface area (Å²) in [6.45, 7) is 3.09. The fourth-order valence-corrected chi connectivity index (χ4v) is 0.702. The normalized spacial score (nSPS) is 20.6. The Balaban J connectivity index is 1.86. The number of aliphatic hydroxyl groups is 1. The minimum absolute atomic E-state index is 0.247. The second-order valence-electron chi connectivity index (χ2n) is 2.03. The van der Waals surface area contributed by atoms with Gasteiger partial charge in [-0.2, -0.15) is 0 Å².